The van der Waals surface area contributed by atoms with E-state index in [0.717, 1.165) is 18.7 Å². The number of likely N-dealkylation sites (N-methyl/N-ethyl adjacent to an activating group) is 1. The summed E-state index contributed by atoms with van der Waals surface area (Å²) >= 11 is 0. The van der Waals surface area contributed by atoms with Crippen molar-refractivity contribution in [3.05, 3.63) is 59.0 Å². The first-order valence-corrected chi connectivity index (χ1v) is 6.53. The van der Waals surface area contributed by atoms with E-state index in [1.165, 1.54) is 16.7 Å². The van der Waals surface area contributed by atoms with Crippen molar-refractivity contribution in [3.8, 4) is 0 Å². The standard InChI is InChI=1S/C16H21NO/c1-4-17-16(11-15-6-5-9-18-15)14-8-7-12(2)13(3)10-14/h5-10,16-17H,4,11H2,1-3H3. The van der Waals surface area contributed by atoms with Gasteiger partial charge in [-0.25, -0.2) is 0 Å². The Balaban J connectivity index is 2.20. The third kappa shape index (κ3) is 3.02. The predicted molar refractivity (Wildman–Crippen MR) is 74.7 cm³/mol. The van der Waals surface area contributed by atoms with Crippen LogP contribution in [-0.2, 0) is 6.42 Å². The fourth-order valence-electron chi connectivity index (χ4n) is 2.17. The Morgan fingerprint density at radius 3 is 2.61 bits per heavy atom. The number of furan rings is 1. The fourth-order valence-corrected chi connectivity index (χ4v) is 2.17. The van der Waals surface area contributed by atoms with E-state index in [-0.39, 0.29) is 0 Å². The molecule has 0 bridgehead atoms. The lowest BCUT2D eigenvalue weighted by molar-refractivity contribution is 0.455. The first kappa shape index (κ1) is 12.9. The molecule has 0 aliphatic carbocycles. The molecule has 0 spiro atoms. The van der Waals surface area contributed by atoms with Gasteiger partial charge in [0.05, 0.1) is 6.26 Å². The van der Waals surface area contributed by atoms with Crippen LogP contribution in [-0.4, -0.2) is 6.54 Å². The highest BCUT2D eigenvalue weighted by atomic mass is 16.3. The van der Waals surface area contributed by atoms with Crippen LogP contribution >= 0.6 is 0 Å². The summed E-state index contributed by atoms with van der Waals surface area (Å²) in [5.41, 5.74) is 4.01. The van der Waals surface area contributed by atoms with Gasteiger partial charge < -0.3 is 9.73 Å². The zero-order valence-electron chi connectivity index (χ0n) is 11.4. The monoisotopic (exact) mass is 243 g/mol. The van der Waals surface area contributed by atoms with Crippen molar-refractivity contribution in [2.75, 3.05) is 6.54 Å². The van der Waals surface area contributed by atoms with Crippen LogP contribution in [0.5, 0.6) is 0 Å². The van der Waals surface area contributed by atoms with Crippen molar-refractivity contribution in [1.82, 2.24) is 5.32 Å². The van der Waals surface area contributed by atoms with Gasteiger partial charge in [0, 0.05) is 12.5 Å². The number of nitrogens with one attached hydrogen (secondary N) is 1. The minimum atomic E-state index is 0.320. The van der Waals surface area contributed by atoms with E-state index in [0.29, 0.717) is 6.04 Å². The summed E-state index contributed by atoms with van der Waals surface area (Å²) in [6.07, 6.45) is 2.63. The smallest absolute Gasteiger partial charge is 0.105 e. The first-order chi connectivity index (χ1) is 8.70. The minimum absolute atomic E-state index is 0.320. The predicted octanol–water partition coefficient (Wildman–Crippen LogP) is 3.79. The normalized spacial score (nSPS) is 12.6. The van der Waals surface area contributed by atoms with E-state index in [1.807, 2.05) is 12.1 Å². The van der Waals surface area contributed by atoms with Crippen LogP contribution in [0.4, 0.5) is 0 Å². The van der Waals surface area contributed by atoms with Crippen molar-refractivity contribution in [1.29, 1.82) is 0 Å². The number of benzene rings is 1. The van der Waals surface area contributed by atoms with E-state index in [2.05, 4.69) is 44.3 Å². The van der Waals surface area contributed by atoms with Gasteiger partial charge in [-0.1, -0.05) is 25.1 Å². The molecule has 1 aromatic heterocycles. The molecule has 1 atom stereocenters. The SMILES string of the molecule is CCNC(Cc1ccco1)c1ccc(C)c(C)c1. The van der Waals surface area contributed by atoms with Crippen molar-refractivity contribution < 1.29 is 4.42 Å². The molecule has 0 fully saturated rings. The van der Waals surface area contributed by atoms with Crippen LogP contribution in [0.25, 0.3) is 0 Å². The van der Waals surface area contributed by atoms with Gasteiger partial charge >= 0.3 is 0 Å². The minimum Gasteiger partial charge on any atom is -0.469 e. The molecule has 1 aromatic carbocycles. The van der Waals surface area contributed by atoms with E-state index in [1.54, 1.807) is 6.26 Å². The summed E-state index contributed by atoms with van der Waals surface area (Å²) in [6, 6.07) is 11.0. The lowest BCUT2D eigenvalue weighted by Gasteiger charge is -2.18. The van der Waals surface area contributed by atoms with Crippen molar-refractivity contribution in [2.24, 2.45) is 0 Å². The average Bonchev–Trinajstić information content (AvgIpc) is 2.85. The van der Waals surface area contributed by atoms with Gasteiger partial charge in [-0.2, -0.15) is 0 Å². The van der Waals surface area contributed by atoms with Crippen LogP contribution in [0.2, 0.25) is 0 Å². The molecule has 1 heterocycles. The Bertz CT molecular complexity index is 488. The van der Waals surface area contributed by atoms with Crippen LogP contribution in [0.3, 0.4) is 0 Å². The number of hydrogen-bond donors (Lipinski definition) is 1. The van der Waals surface area contributed by atoms with Gasteiger partial charge in [-0.3, -0.25) is 0 Å². The molecular weight excluding hydrogens is 222 g/mol. The van der Waals surface area contributed by atoms with E-state index in [4.69, 9.17) is 4.42 Å². The molecule has 0 aliphatic rings. The maximum absolute atomic E-state index is 5.45. The molecule has 0 saturated carbocycles. The summed E-state index contributed by atoms with van der Waals surface area (Å²) in [7, 11) is 0. The van der Waals surface area contributed by atoms with Gasteiger partial charge in [0.1, 0.15) is 5.76 Å². The van der Waals surface area contributed by atoms with Crippen molar-refractivity contribution in [3.63, 3.8) is 0 Å². The molecule has 0 radical (unpaired) electrons. The molecule has 1 N–H and O–H groups in total. The second-order valence-corrected chi connectivity index (χ2v) is 4.74. The van der Waals surface area contributed by atoms with E-state index < -0.39 is 0 Å². The van der Waals surface area contributed by atoms with Crippen LogP contribution < -0.4 is 5.32 Å². The van der Waals surface area contributed by atoms with Gasteiger partial charge in [-0.15, -0.1) is 0 Å². The largest absolute Gasteiger partial charge is 0.469 e. The molecule has 0 saturated heterocycles. The number of hydrogen-bond acceptors (Lipinski definition) is 2. The molecule has 2 rings (SSSR count). The zero-order chi connectivity index (χ0) is 13.0. The maximum atomic E-state index is 5.45. The third-order valence-corrected chi connectivity index (χ3v) is 3.37. The molecule has 96 valence electrons. The highest BCUT2D eigenvalue weighted by Crippen LogP contribution is 2.21. The zero-order valence-corrected chi connectivity index (χ0v) is 11.4. The average molecular weight is 243 g/mol. The lowest BCUT2D eigenvalue weighted by Crippen LogP contribution is -2.22. The summed E-state index contributed by atoms with van der Waals surface area (Å²) in [6.45, 7) is 7.40. The highest BCUT2D eigenvalue weighted by molar-refractivity contribution is 5.32. The summed E-state index contributed by atoms with van der Waals surface area (Å²) < 4.78 is 5.45. The van der Waals surface area contributed by atoms with Crippen molar-refractivity contribution >= 4 is 0 Å². The molecule has 2 aromatic rings. The molecule has 0 aliphatic heterocycles. The summed E-state index contributed by atoms with van der Waals surface area (Å²) in [4.78, 5) is 0. The Morgan fingerprint density at radius 1 is 1.17 bits per heavy atom. The van der Waals surface area contributed by atoms with E-state index >= 15 is 0 Å². The number of aryl methyl sites for hydroxylation is 2. The maximum Gasteiger partial charge on any atom is 0.105 e. The summed E-state index contributed by atoms with van der Waals surface area (Å²) in [5, 5.41) is 3.52. The fraction of sp³-hybridized carbons (Fsp3) is 0.375. The van der Waals surface area contributed by atoms with Crippen LogP contribution in [0, 0.1) is 13.8 Å². The summed E-state index contributed by atoms with van der Waals surface area (Å²) in [5.74, 6) is 1.03. The second kappa shape index (κ2) is 5.87. The molecule has 2 nitrogen and oxygen atoms in total. The second-order valence-electron chi connectivity index (χ2n) is 4.74. The topological polar surface area (TPSA) is 25.2 Å². The molecule has 18 heavy (non-hydrogen) atoms. The highest BCUT2D eigenvalue weighted by Gasteiger charge is 2.13. The Morgan fingerprint density at radius 2 is 2.00 bits per heavy atom. The third-order valence-electron chi connectivity index (χ3n) is 3.37. The van der Waals surface area contributed by atoms with Crippen LogP contribution in [0.1, 0.15) is 35.4 Å². The molecule has 0 amide bonds. The van der Waals surface area contributed by atoms with Gasteiger partial charge in [0.25, 0.3) is 0 Å². The van der Waals surface area contributed by atoms with Crippen molar-refractivity contribution in [2.45, 2.75) is 33.2 Å². The van der Waals surface area contributed by atoms with Gasteiger partial charge in [0.15, 0.2) is 0 Å². The Labute approximate surface area is 109 Å². The van der Waals surface area contributed by atoms with Gasteiger partial charge in [0.2, 0.25) is 0 Å². The Hall–Kier alpha value is -1.54. The molecule has 2 heteroatoms. The van der Waals surface area contributed by atoms with Gasteiger partial charge in [-0.05, 0) is 49.2 Å². The molecule has 1 unspecified atom stereocenters. The first-order valence-electron chi connectivity index (χ1n) is 6.53. The quantitative estimate of drug-likeness (QED) is 0.864. The molecular formula is C16H21NO. The van der Waals surface area contributed by atoms with Crippen LogP contribution in [0.15, 0.2) is 41.0 Å². The van der Waals surface area contributed by atoms with E-state index in [9.17, 15) is 0 Å². The number of rotatable bonds is 5. The lowest BCUT2D eigenvalue weighted by atomic mass is 9.98. The Kier molecular flexibility index (Phi) is 4.21.